The van der Waals surface area contributed by atoms with E-state index in [1.165, 1.54) is 0 Å². The molecule has 3 heterocycles. The van der Waals surface area contributed by atoms with Crippen molar-refractivity contribution in [2.75, 3.05) is 38.2 Å². The van der Waals surface area contributed by atoms with Gasteiger partial charge < -0.3 is 5.11 Å². The number of H-pyrrole nitrogens is 1. The molecule has 2 N–H and O–H groups in total. The molecule has 1 aliphatic heterocycles. The Hall–Kier alpha value is -2.05. The molecule has 150 valence electrons. The molecular formula is C18H17BClIN5O3-. The summed E-state index contributed by atoms with van der Waals surface area (Å²) in [6, 6.07) is 7.19. The van der Waals surface area contributed by atoms with E-state index >= 15 is 0 Å². The SMILES string of the molecule is [B][I-]N1CCN(c2ccc(-c3cc4c(C(=O)O)n[nH]c4cc3Cl)c(OC)n2)CC1. The Morgan fingerprint density at radius 2 is 2.03 bits per heavy atom. The molecule has 0 atom stereocenters. The van der Waals surface area contributed by atoms with Crippen molar-refractivity contribution in [1.29, 1.82) is 0 Å². The van der Waals surface area contributed by atoms with Crippen LogP contribution in [0.1, 0.15) is 10.5 Å². The zero-order chi connectivity index (χ0) is 20.5. The van der Waals surface area contributed by atoms with Gasteiger partial charge in [0, 0.05) is 0 Å². The number of methoxy groups -OCH3 is 1. The fraction of sp³-hybridized carbons (Fsp3) is 0.278. The molecule has 1 aliphatic rings. The third-order valence-corrected chi connectivity index (χ3v) is 6.93. The van der Waals surface area contributed by atoms with E-state index in [0.717, 1.165) is 32.0 Å². The van der Waals surface area contributed by atoms with Gasteiger partial charge in [-0.25, -0.2) is 4.79 Å². The number of ether oxygens (including phenoxy) is 1. The average molecular weight is 525 g/mol. The standard InChI is InChI=1S/C18H17BClIN5O3/c1-29-17-10(2-3-15(22-17)25-4-6-26(21-19)7-5-25)11-8-12-14(9-13(11)20)23-24-16(12)18(27)28/h2-3,8-9H,4-7H2,1H3,(H,23,24)(H,27,28)/q-1. The minimum atomic E-state index is -1.11. The molecule has 1 fully saturated rings. The number of benzene rings is 1. The first-order valence-corrected chi connectivity index (χ1v) is 11.4. The first-order chi connectivity index (χ1) is 14.0. The molecule has 0 bridgehead atoms. The van der Waals surface area contributed by atoms with E-state index in [1.54, 1.807) is 19.2 Å². The van der Waals surface area contributed by atoms with Gasteiger partial charge in [-0.3, -0.25) is 5.10 Å². The van der Waals surface area contributed by atoms with Crippen molar-refractivity contribution in [2.45, 2.75) is 0 Å². The summed E-state index contributed by atoms with van der Waals surface area (Å²) in [6.45, 7) is 3.57. The Kier molecular flexibility index (Phi) is 5.84. The quantitative estimate of drug-likeness (QED) is 0.256. The van der Waals surface area contributed by atoms with Gasteiger partial charge in [-0.15, -0.1) is 0 Å². The van der Waals surface area contributed by atoms with Crippen molar-refractivity contribution in [3.05, 3.63) is 35.0 Å². The van der Waals surface area contributed by atoms with E-state index in [9.17, 15) is 9.90 Å². The minimum absolute atomic E-state index is 0.0537. The molecule has 1 aromatic carbocycles. The van der Waals surface area contributed by atoms with Crippen LogP contribution in [-0.2, 0) is 0 Å². The first kappa shape index (κ1) is 20.2. The number of hydrogen-bond donors (Lipinski definition) is 2. The summed E-state index contributed by atoms with van der Waals surface area (Å²) in [5.74, 6) is 0.147. The predicted octanol–water partition coefficient (Wildman–Crippen LogP) is -0.805. The number of aromatic nitrogens is 3. The fourth-order valence-electron chi connectivity index (χ4n) is 3.38. The zero-order valence-corrected chi connectivity index (χ0v) is 18.4. The van der Waals surface area contributed by atoms with Crippen LogP contribution in [0.3, 0.4) is 0 Å². The molecule has 4 rings (SSSR count). The normalized spacial score (nSPS) is 15.2. The van der Waals surface area contributed by atoms with Crippen LogP contribution in [0.25, 0.3) is 22.0 Å². The third kappa shape index (κ3) is 3.88. The van der Waals surface area contributed by atoms with Gasteiger partial charge in [-0.1, -0.05) is 0 Å². The van der Waals surface area contributed by atoms with Crippen molar-refractivity contribution < 1.29 is 35.9 Å². The van der Waals surface area contributed by atoms with Crippen LogP contribution in [0.4, 0.5) is 5.82 Å². The second-order valence-corrected chi connectivity index (χ2v) is 8.80. The molecule has 0 spiro atoms. The Balaban J connectivity index is 1.72. The summed E-state index contributed by atoms with van der Waals surface area (Å²) in [5.41, 5.74) is 7.64. The molecule has 8 nitrogen and oxygen atoms in total. The van der Waals surface area contributed by atoms with E-state index in [2.05, 4.69) is 23.2 Å². The molecule has 29 heavy (non-hydrogen) atoms. The zero-order valence-electron chi connectivity index (χ0n) is 15.5. The summed E-state index contributed by atoms with van der Waals surface area (Å²) < 4.78 is 7.83. The number of hydrogen-bond acceptors (Lipinski definition) is 6. The van der Waals surface area contributed by atoms with Crippen molar-refractivity contribution in [3.63, 3.8) is 0 Å². The predicted molar refractivity (Wildman–Crippen MR) is 107 cm³/mol. The van der Waals surface area contributed by atoms with Gasteiger partial charge in [0.2, 0.25) is 0 Å². The van der Waals surface area contributed by atoms with E-state index in [4.69, 9.17) is 22.0 Å². The molecule has 0 unspecified atom stereocenters. The van der Waals surface area contributed by atoms with Crippen LogP contribution in [0.5, 0.6) is 5.88 Å². The number of carboxylic acid groups (broad SMARTS) is 1. The number of aromatic carboxylic acids is 1. The molecule has 2 aromatic heterocycles. The maximum atomic E-state index is 11.4. The van der Waals surface area contributed by atoms with Gasteiger partial charge in [-0.2, -0.15) is 5.10 Å². The van der Waals surface area contributed by atoms with Crippen LogP contribution in [0, 0.1) is 0 Å². The van der Waals surface area contributed by atoms with Crippen molar-refractivity contribution in [3.8, 4) is 17.0 Å². The number of nitrogens with one attached hydrogen (secondary N) is 1. The van der Waals surface area contributed by atoms with Crippen LogP contribution in [0.15, 0.2) is 24.3 Å². The molecule has 1 saturated heterocycles. The number of aromatic amines is 1. The van der Waals surface area contributed by atoms with E-state index in [-0.39, 0.29) is 27.0 Å². The summed E-state index contributed by atoms with van der Waals surface area (Å²) in [6.07, 6.45) is 0. The van der Waals surface area contributed by atoms with Crippen molar-refractivity contribution >= 4 is 40.0 Å². The number of anilines is 1. The molecule has 3 aromatic rings. The van der Waals surface area contributed by atoms with Gasteiger partial charge in [-0.05, 0) is 0 Å². The van der Waals surface area contributed by atoms with Crippen LogP contribution in [-0.4, -0.2) is 68.4 Å². The fourth-order valence-corrected chi connectivity index (χ4v) is 4.64. The summed E-state index contributed by atoms with van der Waals surface area (Å²) in [5, 5.41) is 16.8. The Bertz CT molecular complexity index is 1070. The first-order valence-electron chi connectivity index (χ1n) is 8.81. The molecule has 0 amide bonds. The number of piperazine rings is 1. The Morgan fingerprint density at radius 1 is 1.28 bits per heavy atom. The van der Waals surface area contributed by atoms with E-state index in [1.807, 2.05) is 12.1 Å². The van der Waals surface area contributed by atoms with E-state index in [0.29, 0.717) is 32.9 Å². The average Bonchev–Trinajstić information content (AvgIpc) is 3.15. The molecule has 0 saturated carbocycles. The maximum absolute atomic E-state index is 11.4. The van der Waals surface area contributed by atoms with Crippen molar-refractivity contribution in [1.82, 2.24) is 18.3 Å². The number of rotatable bonds is 5. The Labute approximate surface area is 183 Å². The van der Waals surface area contributed by atoms with Crippen LogP contribution in [0.2, 0.25) is 5.02 Å². The second-order valence-electron chi connectivity index (χ2n) is 6.48. The van der Waals surface area contributed by atoms with E-state index < -0.39 is 5.97 Å². The van der Waals surface area contributed by atoms with Gasteiger partial charge in [0.15, 0.2) is 0 Å². The number of nitrogens with zero attached hydrogens (tertiary/aromatic N) is 4. The monoisotopic (exact) mass is 524 g/mol. The topological polar surface area (TPSA) is 94.6 Å². The number of halogens is 2. The molecular weight excluding hydrogens is 507 g/mol. The number of carboxylic acids is 1. The van der Waals surface area contributed by atoms with Gasteiger partial charge in [0.05, 0.1) is 0 Å². The molecule has 0 aliphatic carbocycles. The number of fused-ring (bicyclic) bond motifs is 1. The number of pyridine rings is 1. The van der Waals surface area contributed by atoms with Crippen molar-refractivity contribution in [2.24, 2.45) is 0 Å². The van der Waals surface area contributed by atoms with Crippen LogP contribution < -0.4 is 30.9 Å². The molecule has 11 heteroatoms. The summed E-state index contributed by atoms with van der Waals surface area (Å²) in [7, 11) is 1.55. The van der Waals surface area contributed by atoms with Gasteiger partial charge in [0.1, 0.15) is 0 Å². The van der Waals surface area contributed by atoms with Gasteiger partial charge in [0.25, 0.3) is 0 Å². The van der Waals surface area contributed by atoms with Gasteiger partial charge >= 0.3 is 164 Å². The third-order valence-electron chi connectivity index (χ3n) is 4.87. The summed E-state index contributed by atoms with van der Waals surface area (Å²) >= 11 is 6.10. The summed E-state index contributed by atoms with van der Waals surface area (Å²) in [4.78, 5) is 18.3. The van der Waals surface area contributed by atoms with Crippen LogP contribution >= 0.6 is 11.6 Å². The second kappa shape index (κ2) is 8.37. The Morgan fingerprint density at radius 3 is 2.69 bits per heavy atom. The number of carbonyl (C=O) groups is 1. The molecule has 2 radical (unpaired) electrons.